The summed E-state index contributed by atoms with van der Waals surface area (Å²) in [6.45, 7) is 5.52. The van der Waals surface area contributed by atoms with Gasteiger partial charge in [-0.15, -0.1) is 11.7 Å². The van der Waals surface area contributed by atoms with Crippen molar-refractivity contribution in [1.29, 1.82) is 0 Å². The number of hydrogen-bond donors (Lipinski definition) is 0. The number of nitrogens with zero attached hydrogens (tertiary/aromatic N) is 2. The molecule has 6 heteroatoms. The summed E-state index contributed by atoms with van der Waals surface area (Å²) in [7, 11) is 2.13. The fourth-order valence-electron chi connectivity index (χ4n) is 1.46. The number of rotatable bonds is 2. The molecule has 92 valence electrons. The van der Waals surface area contributed by atoms with Gasteiger partial charge in [0, 0.05) is 32.2 Å². The highest BCUT2D eigenvalue weighted by atomic mass is 32.3. The van der Waals surface area contributed by atoms with Crippen LogP contribution in [0.4, 0.5) is 11.7 Å². The fraction of sp³-hybridized carbons (Fsp3) is 0.778. The lowest BCUT2D eigenvalue weighted by atomic mass is 10.3. The van der Waals surface area contributed by atoms with Crippen molar-refractivity contribution in [3.05, 3.63) is 12.4 Å². The van der Waals surface area contributed by atoms with Crippen LogP contribution in [-0.4, -0.2) is 35.8 Å². The minimum Gasteiger partial charge on any atom is -0.359 e. The molecule has 0 saturated heterocycles. The van der Waals surface area contributed by atoms with Gasteiger partial charge in [0.25, 0.3) is 0 Å². The zero-order valence-electron chi connectivity index (χ0n) is 9.58. The summed E-state index contributed by atoms with van der Waals surface area (Å²) in [5.74, 6) is 0. The van der Waals surface area contributed by atoms with E-state index in [1.807, 2.05) is 0 Å². The third-order valence-corrected chi connectivity index (χ3v) is 2.08. The first kappa shape index (κ1) is 14.5. The molecule has 0 aromatic heterocycles. The largest absolute Gasteiger partial charge is 0.359 e. The lowest BCUT2D eigenvalue weighted by Crippen LogP contribution is -2.35. The fourth-order valence-corrected chi connectivity index (χ4v) is 1.46. The maximum atomic E-state index is 10.4. The van der Waals surface area contributed by atoms with E-state index in [-0.39, 0.29) is 6.26 Å². The Labute approximate surface area is 91.9 Å². The molecule has 0 radical (unpaired) electrons. The molecule has 15 heavy (non-hydrogen) atoms. The summed E-state index contributed by atoms with van der Waals surface area (Å²) in [6, 6.07) is 0. The second kappa shape index (κ2) is 6.15. The summed E-state index contributed by atoms with van der Waals surface area (Å²) >= 11 is -4.67. The Morgan fingerprint density at radius 3 is 1.93 bits per heavy atom. The van der Waals surface area contributed by atoms with E-state index in [1.165, 1.54) is 6.42 Å². The van der Waals surface area contributed by atoms with Crippen molar-refractivity contribution >= 4 is 11.2 Å². The smallest absolute Gasteiger partial charge is 0.206 e. The molecule has 1 rings (SSSR count). The van der Waals surface area contributed by atoms with Gasteiger partial charge in [-0.1, -0.05) is 6.92 Å². The van der Waals surface area contributed by atoms with E-state index in [0.717, 1.165) is 6.54 Å². The average Bonchev–Trinajstić information content (AvgIpc) is 2.43. The van der Waals surface area contributed by atoms with Gasteiger partial charge in [-0.25, -0.2) is 0 Å². The molecular weight excluding hydrogens is 225 g/mol. The van der Waals surface area contributed by atoms with Gasteiger partial charge in [0.05, 0.1) is 0 Å². The van der Waals surface area contributed by atoms with E-state index in [4.69, 9.17) is 0 Å². The van der Waals surface area contributed by atoms with E-state index in [9.17, 15) is 11.7 Å². The van der Waals surface area contributed by atoms with Crippen LogP contribution in [0.15, 0.2) is 12.4 Å². The van der Waals surface area contributed by atoms with Gasteiger partial charge in [0.15, 0.2) is 0 Å². The Morgan fingerprint density at radius 2 is 1.67 bits per heavy atom. The van der Waals surface area contributed by atoms with Crippen molar-refractivity contribution in [3.8, 4) is 0 Å². The molecule has 0 saturated carbocycles. The Kier molecular flexibility index (Phi) is 5.93. The second-order valence-corrected chi connectivity index (χ2v) is 4.60. The summed E-state index contributed by atoms with van der Waals surface area (Å²) in [6.07, 6.45) is 6.36. The molecule has 0 N–H and O–H groups in total. The first-order chi connectivity index (χ1) is 6.79. The van der Waals surface area contributed by atoms with Crippen LogP contribution in [0.1, 0.15) is 20.3 Å². The third kappa shape index (κ3) is 6.54. The highest BCUT2D eigenvalue weighted by molar-refractivity contribution is 8.20. The van der Waals surface area contributed by atoms with Crippen LogP contribution in [0.2, 0.25) is 0 Å². The van der Waals surface area contributed by atoms with Crippen LogP contribution in [0, 0.1) is 0 Å². The van der Waals surface area contributed by atoms with Crippen molar-refractivity contribution < 1.29 is 11.7 Å². The second-order valence-electron chi connectivity index (χ2n) is 3.32. The van der Waals surface area contributed by atoms with Crippen molar-refractivity contribution in [1.82, 2.24) is 9.80 Å². The van der Waals surface area contributed by atoms with Crippen molar-refractivity contribution in [2.24, 2.45) is 0 Å². The Bertz CT molecular complexity index is 200. The minimum atomic E-state index is -4.67. The molecule has 1 aliphatic heterocycles. The quantitative estimate of drug-likeness (QED) is 0.733. The van der Waals surface area contributed by atoms with Crippen LogP contribution in [0.5, 0.6) is 0 Å². The topological polar surface area (TPSA) is 6.48 Å². The van der Waals surface area contributed by atoms with Gasteiger partial charge < -0.3 is 9.80 Å². The molecular formula is C9H19F3N2S. The Hall–Kier alpha value is -0.520. The van der Waals surface area contributed by atoms with Gasteiger partial charge in [0.2, 0.25) is 11.2 Å². The van der Waals surface area contributed by atoms with Gasteiger partial charge >= 0.3 is 0 Å². The predicted molar refractivity (Wildman–Crippen MR) is 60.2 cm³/mol. The normalized spacial score (nSPS) is 21.4. The maximum absolute atomic E-state index is 10.4. The molecule has 0 aliphatic carbocycles. The monoisotopic (exact) mass is 244 g/mol. The van der Waals surface area contributed by atoms with E-state index in [0.29, 0.717) is 6.17 Å². The van der Waals surface area contributed by atoms with E-state index >= 15 is 0 Å². The minimum absolute atomic E-state index is 0.271. The molecule has 1 unspecified atom stereocenters. The molecule has 1 aliphatic rings. The molecule has 0 fully saturated rings. The van der Waals surface area contributed by atoms with Gasteiger partial charge in [-0.05, 0) is 13.3 Å². The zero-order chi connectivity index (χ0) is 12.1. The lowest BCUT2D eigenvalue weighted by Gasteiger charge is -2.28. The molecule has 0 spiro atoms. The average molecular weight is 244 g/mol. The Morgan fingerprint density at radius 1 is 1.20 bits per heavy atom. The van der Waals surface area contributed by atoms with Crippen LogP contribution < -0.4 is 0 Å². The number of halogens is 3. The lowest BCUT2D eigenvalue weighted by molar-refractivity contribution is 0.178. The van der Waals surface area contributed by atoms with Crippen LogP contribution >= 0.6 is 11.2 Å². The molecule has 1 atom stereocenters. The summed E-state index contributed by atoms with van der Waals surface area (Å²) < 4.78 is 31.3. The van der Waals surface area contributed by atoms with Crippen molar-refractivity contribution in [2.75, 3.05) is 19.8 Å². The van der Waals surface area contributed by atoms with Gasteiger partial charge in [-0.2, -0.15) is 0 Å². The SMILES string of the molecule is CCC1N(C)C=CN1CC.CS(F)(F)F. The van der Waals surface area contributed by atoms with E-state index in [2.05, 4.69) is 43.1 Å². The molecule has 0 aromatic rings. The van der Waals surface area contributed by atoms with Crippen molar-refractivity contribution in [2.45, 2.75) is 26.4 Å². The molecule has 0 amide bonds. The highest BCUT2D eigenvalue weighted by Crippen LogP contribution is 2.48. The molecule has 2 nitrogen and oxygen atoms in total. The van der Waals surface area contributed by atoms with Crippen LogP contribution in [-0.2, 0) is 0 Å². The highest BCUT2D eigenvalue weighted by Gasteiger charge is 2.19. The Balaban J connectivity index is 0.000000336. The third-order valence-electron chi connectivity index (χ3n) is 2.08. The zero-order valence-corrected chi connectivity index (χ0v) is 10.4. The predicted octanol–water partition coefficient (Wildman–Crippen LogP) is 3.54. The van der Waals surface area contributed by atoms with Crippen LogP contribution in [0.25, 0.3) is 0 Å². The van der Waals surface area contributed by atoms with Gasteiger partial charge in [-0.3, -0.25) is 0 Å². The maximum Gasteiger partial charge on any atom is 0.206 e. The molecule has 0 bridgehead atoms. The number of hydrogen-bond acceptors (Lipinski definition) is 2. The van der Waals surface area contributed by atoms with Crippen LogP contribution in [0.3, 0.4) is 0 Å². The molecule has 1 heterocycles. The first-order valence-corrected chi connectivity index (χ1v) is 6.57. The first-order valence-electron chi connectivity index (χ1n) is 4.82. The summed E-state index contributed by atoms with van der Waals surface area (Å²) in [4.78, 5) is 4.60. The van der Waals surface area contributed by atoms with Crippen molar-refractivity contribution in [3.63, 3.8) is 0 Å². The summed E-state index contributed by atoms with van der Waals surface area (Å²) in [5, 5.41) is 0. The van der Waals surface area contributed by atoms with E-state index < -0.39 is 11.2 Å². The summed E-state index contributed by atoms with van der Waals surface area (Å²) in [5.41, 5.74) is 0. The molecule has 0 aromatic carbocycles. The van der Waals surface area contributed by atoms with E-state index in [1.54, 1.807) is 0 Å². The van der Waals surface area contributed by atoms with Gasteiger partial charge in [0.1, 0.15) is 6.17 Å². The standard InChI is InChI=1S/C8H16N2.CH3F3S/c1-4-8-9(3)6-7-10(8)5-2;1-5(2,3)4/h6-8H,4-5H2,1-3H3;1H3.